The van der Waals surface area contributed by atoms with Crippen LogP contribution in [0.25, 0.3) is 10.8 Å². The SMILES string of the molecule is Cl.NC1Cc2ccc3ccccc3c2CC1O. The van der Waals surface area contributed by atoms with Gasteiger partial charge < -0.3 is 10.8 Å². The molecular formula is C14H16ClNO. The summed E-state index contributed by atoms with van der Waals surface area (Å²) in [5.41, 5.74) is 8.45. The van der Waals surface area contributed by atoms with Crippen LogP contribution in [0.5, 0.6) is 0 Å². The summed E-state index contributed by atoms with van der Waals surface area (Å²) in [5.74, 6) is 0. The number of aliphatic hydroxyl groups is 1. The van der Waals surface area contributed by atoms with Crippen molar-refractivity contribution >= 4 is 23.2 Å². The second-order valence-corrected chi connectivity index (χ2v) is 4.56. The Morgan fingerprint density at radius 3 is 2.65 bits per heavy atom. The van der Waals surface area contributed by atoms with Gasteiger partial charge in [0.1, 0.15) is 0 Å². The summed E-state index contributed by atoms with van der Waals surface area (Å²) in [4.78, 5) is 0. The molecule has 2 aromatic rings. The Hall–Kier alpha value is -1.09. The Kier molecular flexibility index (Phi) is 3.38. The molecule has 2 unspecified atom stereocenters. The Balaban J connectivity index is 0.00000108. The summed E-state index contributed by atoms with van der Waals surface area (Å²) in [6.07, 6.45) is 1.05. The van der Waals surface area contributed by atoms with E-state index in [0.717, 1.165) is 6.42 Å². The minimum atomic E-state index is -0.404. The van der Waals surface area contributed by atoms with Gasteiger partial charge in [0, 0.05) is 12.5 Å². The van der Waals surface area contributed by atoms with Crippen molar-refractivity contribution < 1.29 is 5.11 Å². The van der Waals surface area contributed by atoms with Crippen LogP contribution in [0.1, 0.15) is 11.1 Å². The minimum Gasteiger partial charge on any atom is -0.391 e. The molecule has 1 aliphatic rings. The van der Waals surface area contributed by atoms with Crippen molar-refractivity contribution in [2.24, 2.45) is 5.73 Å². The van der Waals surface area contributed by atoms with E-state index < -0.39 is 6.10 Å². The van der Waals surface area contributed by atoms with E-state index in [2.05, 4.69) is 24.3 Å². The van der Waals surface area contributed by atoms with E-state index in [1.54, 1.807) is 0 Å². The normalized spacial score (nSPS) is 22.9. The number of nitrogens with two attached hydrogens (primary N) is 1. The number of fused-ring (bicyclic) bond motifs is 3. The van der Waals surface area contributed by atoms with Crippen molar-refractivity contribution in [1.82, 2.24) is 0 Å². The maximum absolute atomic E-state index is 9.86. The highest BCUT2D eigenvalue weighted by Gasteiger charge is 2.24. The maximum Gasteiger partial charge on any atom is 0.0734 e. The van der Waals surface area contributed by atoms with E-state index >= 15 is 0 Å². The molecule has 2 nitrogen and oxygen atoms in total. The standard InChI is InChI=1S/C14H15NO.ClH/c15-13-7-10-6-5-9-3-1-2-4-11(9)12(10)8-14(13)16;/h1-6,13-14,16H,7-8,15H2;1H. The van der Waals surface area contributed by atoms with Gasteiger partial charge in [-0.25, -0.2) is 0 Å². The number of aliphatic hydroxyl groups excluding tert-OH is 1. The van der Waals surface area contributed by atoms with Crippen molar-refractivity contribution in [3.05, 3.63) is 47.5 Å². The van der Waals surface area contributed by atoms with Crippen LogP contribution in [0.15, 0.2) is 36.4 Å². The summed E-state index contributed by atoms with van der Waals surface area (Å²) >= 11 is 0. The monoisotopic (exact) mass is 249 g/mol. The van der Waals surface area contributed by atoms with Crippen LogP contribution in [-0.2, 0) is 12.8 Å². The number of hydrogen-bond donors (Lipinski definition) is 2. The van der Waals surface area contributed by atoms with Gasteiger partial charge in [-0.3, -0.25) is 0 Å². The predicted octanol–water partition coefficient (Wildman–Crippen LogP) is 2.05. The molecule has 0 bridgehead atoms. The van der Waals surface area contributed by atoms with E-state index in [-0.39, 0.29) is 18.4 Å². The molecule has 0 saturated carbocycles. The van der Waals surface area contributed by atoms with Crippen molar-refractivity contribution in [1.29, 1.82) is 0 Å². The Morgan fingerprint density at radius 2 is 1.82 bits per heavy atom. The third-order valence-electron chi connectivity index (χ3n) is 3.50. The summed E-state index contributed by atoms with van der Waals surface area (Å²) in [5, 5.41) is 12.4. The first-order valence-electron chi connectivity index (χ1n) is 5.69. The Morgan fingerprint density at radius 1 is 1.06 bits per heavy atom. The van der Waals surface area contributed by atoms with Crippen LogP contribution in [0.2, 0.25) is 0 Å². The van der Waals surface area contributed by atoms with Gasteiger partial charge in [-0.05, 0) is 28.3 Å². The van der Waals surface area contributed by atoms with Gasteiger partial charge in [0.15, 0.2) is 0 Å². The molecule has 3 heteroatoms. The second-order valence-electron chi connectivity index (χ2n) is 4.56. The van der Waals surface area contributed by atoms with Crippen LogP contribution in [0.4, 0.5) is 0 Å². The number of halogens is 1. The van der Waals surface area contributed by atoms with Gasteiger partial charge >= 0.3 is 0 Å². The summed E-state index contributed by atoms with van der Waals surface area (Å²) in [7, 11) is 0. The average molecular weight is 250 g/mol. The van der Waals surface area contributed by atoms with Crippen molar-refractivity contribution in [3.63, 3.8) is 0 Å². The highest BCUT2D eigenvalue weighted by atomic mass is 35.5. The topological polar surface area (TPSA) is 46.2 Å². The Bertz CT molecular complexity index is 541. The second kappa shape index (κ2) is 4.65. The fourth-order valence-electron chi connectivity index (χ4n) is 2.56. The highest BCUT2D eigenvalue weighted by molar-refractivity contribution is 5.87. The molecule has 0 aliphatic heterocycles. The Labute approximate surface area is 107 Å². The zero-order valence-electron chi connectivity index (χ0n) is 9.47. The minimum absolute atomic E-state index is 0. The molecule has 1 aliphatic carbocycles. The van der Waals surface area contributed by atoms with Gasteiger partial charge in [0.05, 0.1) is 6.10 Å². The van der Waals surface area contributed by atoms with E-state index in [4.69, 9.17) is 5.73 Å². The van der Waals surface area contributed by atoms with Crippen molar-refractivity contribution in [2.45, 2.75) is 25.0 Å². The van der Waals surface area contributed by atoms with Gasteiger partial charge in [0.25, 0.3) is 0 Å². The molecular weight excluding hydrogens is 234 g/mol. The summed E-state index contributed by atoms with van der Waals surface area (Å²) in [6, 6.07) is 12.5. The molecule has 2 atom stereocenters. The molecule has 2 aromatic carbocycles. The first-order valence-corrected chi connectivity index (χ1v) is 5.69. The molecule has 17 heavy (non-hydrogen) atoms. The molecule has 0 heterocycles. The predicted molar refractivity (Wildman–Crippen MR) is 72.6 cm³/mol. The van der Waals surface area contributed by atoms with Crippen LogP contribution in [0.3, 0.4) is 0 Å². The zero-order chi connectivity index (χ0) is 11.1. The molecule has 0 fully saturated rings. The zero-order valence-corrected chi connectivity index (χ0v) is 10.3. The molecule has 0 saturated heterocycles. The number of rotatable bonds is 0. The molecule has 3 N–H and O–H groups in total. The lowest BCUT2D eigenvalue weighted by molar-refractivity contribution is 0.138. The third kappa shape index (κ3) is 2.04. The average Bonchev–Trinajstić information content (AvgIpc) is 2.31. The first-order chi connectivity index (χ1) is 7.75. The number of benzene rings is 2. The van der Waals surface area contributed by atoms with Crippen LogP contribution in [-0.4, -0.2) is 17.3 Å². The third-order valence-corrected chi connectivity index (χ3v) is 3.50. The molecule has 0 spiro atoms. The van der Waals surface area contributed by atoms with Gasteiger partial charge in [0.2, 0.25) is 0 Å². The van der Waals surface area contributed by atoms with Gasteiger partial charge in [-0.1, -0.05) is 36.4 Å². The molecule has 0 aromatic heterocycles. The van der Waals surface area contributed by atoms with Crippen molar-refractivity contribution in [2.75, 3.05) is 0 Å². The fourth-order valence-corrected chi connectivity index (χ4v) is 2.56. The maximum atomic E-state index is 9.86. The molecule has 0 radical (unpaired) electrons. The summed E-state index contributed by atoms with van der Waals surface area (Å²) < 4.78 is 0. The molecule has 0 amide bonds. The van der Waals surface area contributed by atoms with E-state index in [1.165, 1.54) is 21.9 Å². The van der Waals surface area contributed by atoms with E-state index in [9.17, 15) is 5.11 Å². The number of hydrogen-bond acceptors (Lipinski definition) is 2. The lowest BCUT2D eigenvalue weighted by Gasteiger charge is -2.27. The smallest absolute Gasteiger partial charge is 0.0734 e. The largest absolute Gasteiger partial charge is 0.391 e. The van der Waals surface area contributed by atoms with Gasteiger partial charge in [-0.2, -0.15) is 0 Å². The van der Waals surface area contributed by atoms with Crippen LogP contribution < -0.4 is 5.73 Å². The molecule has 90 valence electrons. The lowest BCUT2D eigenvalue weighted by Crippen LogP contribution is -2.41. The first kappa shape index (κ1) is 12.4. The summed E-state index contributed by atoms with van der Waals surface area (Å²) in [6.45, 7) is 0. The van der Waals surface area contributed by atoms with Crippen molar-refractivity contribution in [3.8, 4) is 0 Å². The van der Waals surface area contributed by atoms with Gasteiger partial charge in [-0.15, -0.1) is 12.4 Å². The van der Waals surface area contributed by atoms with Crippen LogP contribution in [0, 0.1) is 0 Å². The quantitative estimate of drug-likeness (QED) is 0.751. The lowest BCUT2D eigenvalue weighted by atomic mass is 9.84. The van der Waals surface area contributed by atoms with Crippen LogP contribution >= 0.6 is 12.4 Å². The van der Waals surface area contributed by atoms with E-state index in [0.29, 0.717) is 6.42 Å². The van der Waals surface area contributed by atoms with E-state index in [1.807, 2.05) is 12.1 Å². The molecule has 3 rings (SSSR count). The highest BCUT2D eigenvalue weighted by Crippen LogP contribution is 2.28. The fraction of sp³-hybridized carbons (Fsp3) is 0.286.